The molecule has 3 heterocycles. The predicted octanol–water partition coefficient (Wildman–Crippen LogP) is 1.52. The molecule has 0 aliphatic carbocycles. The third kappa shape index (κ3) is 2.50. The van der Waals surface area contributed by atoms with E-state index in [0.717, 1.165) is 38.2 Å². The van der Waals surface area contributed by atoms with Crippen molar-refractivity contribution in [2.45, 2.75) is 31.8 Å². The maximum absolute atomic E-state index is 10.1. The van der Waals surface area contributed by atoms with Crippen LogP contribution in [0, 0.1) is 0 Å². The van der Waals surface area contributed by atoms with Gasteiger partial charge in [0.1, 0.15) is 17.3 Å². The fourth-order valence-electron chi connectivity index (χ4n) is 2.49. The molecule has 3 rings (SSSR count). The number of nitrogens with zero attached hydrogens (tertiary/aromatic N) is 5. The molecule has 1 N–H and O–H groups in total. The van der Waals surface area contributed by atoms with E-state index in [1.54, 1.807) is 10.6 Å². The van der Waals surface area contributed by atoms with Crippen LogP contribution in [0.25, 0.3) is 5.78 Å². The summed E-state index contributed by atoms with van der Waals surface area (Å²) in [4.78, 5) is 10.4. The van der Waals surface area contributed by atoms with Gasteiger partial charge >= 0.3 is 0 Å². The van der Waals surface area contributed by atoms with Crippen LogP contribution in [0.3, 0.4) is 0 Å². The average Bonchev–Trinajstić information content (AvgIpc) is 2.72. The molecule has 1 atom stereocenters. The van der Waals surface area contributed by atoms with E-state index >= 15 is 0 Å². The summed E-state index contributed by atoms with van der Waals surface area (Å²) in [7, 11) is 0. The molecule has 0 radical (unpaired) electrons. The Morgan fingerprint density at radius 2 is 2.21 bits per heavy atom. The molecule has 1 fully saturated rings. The summed E-state index contributed by atoms with van der Waals surface area (Å²) in [5, 5.41) is 14.7. The molecule has 0 bridgehead atoms. The Labute approximate surface area is 116 Å². The zero-order chi connectivity index (χ0) is 13.5. The van der Waals surface area contributed by atoms with Gasteiger partial charge in [0.25, 0.3) is 5.78 Å². The molecule has 7 heteroatoms. The van der Waals surface area contributed by atoms with Crippen molar-refractivity contribution in [1.82, 2.24) is 19.6 Å². The lowest BCUT2D eigenvalue weighted by Gasteiger charge is -2.24. The predicted molar refractivity (Wildman–Crippen MR) is 72.5 cm³/mol. The molecule has 1 saturated heterocycles. The highest BCUT2D eigenvalue weighted by Gasteiger charge is 2.26. The Balaban J connectivity index is 1.97. The second-order valence-electron chi connectivity index (χ2n) is 5.25. The molecular formula is C12H16ClN5O. The Kier molecular flexibility index (Phi) is 3.06. The maximum Gasteiger partial charge on any atom is 0.255 e. The molecule has 0 amide bonds. The van der Waals surface area contributed by atoms with Gasteiger partial charge < -0.3 is 10.0 Å². The third-order valence-corrected chi connectivity index (χ3v) is 3.78. The van der Waals surface area contributed by atoms with Crippen molar-refractivity contribution < 1.29 is 5.11 Å². The van der Waals surface area contributed by atoms with Crippen LogP contribution < -0.4 is 4.90 Å². The third-order valence-electron chi connectivity index (χ3n) is 3.59. The number of fused-ring (bicyclic) bond motifs is 1. The first-order chi connectivity index (χ1) is 9.05. The van der Waals surface area contributed by atoms with Gasteiger partial charge in [0.2, 0.25) is 0 Å². The summed E-state index contributed by atoms with van der Waals surface area (Å²) in [6.07, 6.45) is 3.94. The summed E-state index contributed by atoms with van der Waals surface area (Å²) >= 11 is 6.03. The molecule has 1 unspecified atom stereocenters. The summed E-state index contributed by atoms with van der Waals surface area (Å²) in [6, 6.07) is 1.79. The van der Waals surface area contributed by atoms with Crippen molar-refractivity contribution in [2.75, 3.05) is 18.0 Å². The van der Waals surface area contributed by atoms with E-state index in [1.165, 1.54) is 6.33 Å². The Morgan fingerprint density at radius 1 is 1.37 bits per heavy atom. The van der Waals surface area contributed by atoms with Crippen LogP contribution in [-0.2, 0) is 0 Å². The summed E-state index contributed by atoms with van der Waals surface area (Å²) in [5.41, 5.74) is -0.590. The Bertz CT molecular complexity index is 597. The lowest BCUT2D eigenvalue weighted by atomic mass is 9.98. The molecule has 0 saturated carbocycles. The number of halogens is 1. The lowest BCUT2D eigenvalue weighted by Crippen LogP contribution is -2.29. The van der Waals surface area contributed by atoms with Crippen LogP contribution >= 0.6 is 11.6 Å². The normalized spacial score (nSPS) is 24.7. The molecule has 2 aromatic heterocycles. The van der Waals surface area contributed by atoms with Gasteiger partial charge in [-0.15, -0.1) is 0 Å². The minimum atomic E-state index is -0.590. The van der Waals surface area contributed by atoms with E-state index in [4.69, 9.17) is 11.6 Å². The average molecular weight is 282 g/mol. The van der Waals surface area contributed by atoms with Crippen LogP contribution in [0.2, 0.25) is 5.15 Å². The minimum Gasteiger partial charge on any atom is -0.390 e. The molecule has 1 aliphatic rings. The summed E-state index contributed by atoms with van der Waals surface area (Å²) in [5.74, 6) is 1.38. The molecule has 0 spiro atoms. The van der Waals surface area contributed by atoms with Gasteiger partial charge in [-0.25, -0.2) is 0 Å². The monoisotopic (exact) mass is 281 g/mol. The van der Waals surface area contributed by atoms with Gasteiger partial charge in [0, 0.05) is 19.2 Å². The van der Waals surface area contributed by atoms with Crippen molar-refractivity contribution in [2.24, 2.45) is 0 Å². The fraction of sp³-hybridized carbons (Fsp3) is 0.583. The smallest absolute Gasteiger partial charge is 0.255 e. The van der Waals surface area contributed by atoms with E-state index in [-0.39, 0.29) is 0 Å². The molecule has 1 aliphatic heterocycles. The largest absolute Gasteiger partial charge is 0.390 e. The van der Waals surface area contributed by atoms with Gasteiger partial charge in [0.05, 0.1) is 5.60 Å². The van der Waals surface area contributed by atoms with Crippen molar-refractivity contribution in [3.8, 4) is 0 Å². The number of rotatable bonds is 1. The van der Waals surface area contributed by atoms with Crippen LogP contribution in [0.4, 0.5) is 5.82 Å². The van der Waals surface area contributed by atoms with E-state index in [1.807, 2.05) is 6.92 Å². The molecule has 0 aromatic carbocycles. The molecule has 6 nitrogen and oxygen atoms in total. The number of hydrogen-bond acceptors (Lipinski definition) is 5. The first-order valence-corrected chi connectivity index (χ1v) is 6.77. The number of aliphatic hydroxyl groups is 1. The summed E-state index contributed by atoms with van der Waals surface area (Å²) < 4.78 is 1.69. The van der Waals surface area contributed by atoms with Crippen LogP contribution in [0.1, 0.15) is 26.2 Å². The summed E-state index contributed by atoms with van der Waals surface area (Å²) in [6.45, 7) is 3.52. The number of aromatic nitrogens is 4. The second-order valence-corrected chi connectivity index (χ2v) is 5.63. The van der Waals surface area contributed by atoms with Crippen molar-refractivity contribution >= 4 is 23.2 Å². The second kappa shape index (κ2) is 4.61. The first-order valence-electron chi connectivity index (χ1n) is 6.39. The molecular weight excluding hydrogens is 266 g/mol. The van der Waals surface area contributed by atoms with Crippen molar-refractivity contribution in [1.29, 1.82) is 0 Å². The number of hydrogen-bond donors (Lipinski definition) is 1. The highest BCUT2D eigenvalue weighted by Crippen LogP contribution is 2.26. The van der Waals surface area contributed by atoms with Gasteiger partial charge in [-0.3, -0.25) is 0 Å². The highest BCUT2D eigenvalue weighted by atomic mass is 35.5. The van der Waals surface area contributed by atoms with E-state index in [2.05, 4.69) is 20.0 Å². The van der Waals surface area contributed by atoms with Crippen LogP contribution in [0.5, 0.6) is 0 Å². The van der Waals surface area contributed by atoms with Gasteiger partial charge in [-0.2, -0.15) is 19.6 Å². The van der Waals surface area contributed by atoms with Gasteiger partial charge in [-0.1, -0.05) is 11.6 Å². The van der Waals surface area contributed by atoms with E-state index < -0.39 is 5.60 Å². The van der Waals surface area contributed by atoms with Gasteiger partial charge in [-0.05, 0) is 26.2 Å². The van der Waals surface area contributed by atoms with Crippen molar-refractivity contribution in [3.63, 3.8) is 0 Å². The highest BCUT2D eigenvalue weighted by molar-refractivity contribution is 6.29. The van der Waals surface area contributed by atoms with E-state index in [0.29, 0.717) is 10.9 Å². The topological polar surface area (TPSA) is 66.5 Å². The lowest BCUT2D eigenvalue weighted by molar-refractivity contribution is 0.0481. The quantitative estimate of drug-likeness (QED) is 0.803. The maximum atomic E-state index is 10.1. The zero-order valence-electron chi connectivity index (χ0n) is 10.8. The zero-order valence-corrected chi connectivity index (χ0v) is 11.5. The first kappa shape index (κ1) is 12.6. The molecule has 2 aromatic rings. The van der Waals surface area contributed by atoms with Gasteiger partial charge in [0.15, 0.2) is 0 Å². The van der Waals surface area contributed by atoms with Crippen molar-refractivity contribution in [3.05, 3.63) is 17.5 Å². The Morgan fingerprint density at radius 3 is 3.05 bits per heavy atom. The number of anilines is 1. The fourth-order valence-corrected chi connectivity index (χ4v) is 2.66. The molecule has 102 valence electrons. The SMILES string of the molecule is CC1(O)CCCN(c2cc(Cl)nc3ncnn23)CC1. The molecule has 19 heavy (non-hydrogen) atoms. The van der Waals surface area contributed by atoms with Crippen LogP contribution in [-0.4, -0.2) is 43.4 Å². The Hall–Kier alpha value is -1.40. The van der Waals surface area contributed by atoms with Crippen LogP contribution in [0.15, 0.2) is 12.4 Å². The van der Waals surface area contributed by atoms with E-state index in [9.17, 15) is 5.11 Å². The minimum absolute atomic E-state index is 0.409. The standard InChI is InChI=1S/C12H16ClN5O/c1-12(19)3-2-5-17(6-4-12)10-7-9(13)16-11-14-8-15-18(10)11/h7-8,19H,2-6H2,1H3.